The van der Waals surface area contributed by atoms with Gasteiger partial charge in [0.05, 0.1) is 15.7 Å². The smallest absolute Gasteiger partial charge is 0.328 e. The van der Waals surface area contributed by atoms with Crippen LogP contribution >= 0.6 is 23.2 Å². The number of ether oxygens (including phenoxy) is 1. The molecule has 0 aliphatic heterocycles. The van der Waals surface area contributed by atoms with E-state index in [9.17, 15) is 9.59 Å². The Hall–Kier alpha value is -2.19. The summed E-state index contributed by atoms with van der Waals surface area (Å²) in [6, 6.07) is 4.80. The lowest BCUT2D eigenvalue weighted by Crippen LogP contribution is -2.23. The highest BCUT2D eigenvalue weighted by Gasteiger charge is 2.12. The predicted molar refractivity (Wildman–Crippen MR) is 73.9 cm³/mol. The maximum atomic E-state index is 11.7. The molecular weight excluding hydrogens is 321 g/mol. The molecule has 1 heterocycles. The van der Waals surface area contributed by atoms with E-state index in [2.05, 4.69) is 20.8 Å². The number of carbonyl (C=O) groups is 2. The second kappa shape index (κ2) is 7.00. The van der Waals surface area contributed by atoms with E-state index in [1.54, 1.807) is 18.2 Å². The van der Waals surface area contributed by atoms with Gasteiger partial charge in [0.1, 0.15) is 12.9 Å². The van der Waals surface area contributed by atoms with Gasteiger partial charge in [-0.2, -0.15) is 0 Å². The van der Waals surface area contributed by atoms with Crippen LogP contribution in [0.4, 0.5) is 5.69 Å². The van der Waals surface area contributed by atoms with Gasteiger partial charge in [-0.1, -0.05) is 29.3 Å². The van der Waals surface area contributed by atoms with Gasteiger partial charge in [0.2, 0.25) is 0 Å². The van der Waals surface area contributed by atoms with E-state index in [1.165, 1.54) is 11.0 Å². The number of esters is 1. The maximum absolute atomic E-state index is 11.7. The van der Waals surface area contributed by atoms with Crippen molar-refractivity contribution in [2.24, 2.45) is 0 Å². The number of aromatic nitrogens is 4. The topological polar surface area (TPSA) is 99.0 Å². The Morgan fingerprint density at radius 1 is 1.29 bits per heavy atom. The van der Waals surface area contributed by atoms with E-state index in [-0.39, 0.29) is 22.3 Å². The van der Waals surface area contributed by atoms with Crippen molar-refractivity contribution in [3.63, 3.8) is 0 Å². The summed E-state index contributed by atoms with van der Waals surface area (Å²) in [5.74, 6) is -1.21. The number of nitrogens with zero attached hydrogens (tertiary/aromatic N) is 4. The Bertz CT molecular complexity index is 627. The van der Waals surface area contributed by atoms with Gasteiger partial charge in [-0.05, 0) is 22.6 Å². The van der Waals surface area contributed by atoms with Gasteiger partial charge < -0.3 is 10.1 Å². The van der Waals surface area contributed by atoms with Crippen LogP contribution in [0.5, 0.6) is 0 Å². The molecule has 2 aromatic rings. The van der Waals surface area contributed by atoms with E-state index in [0.29, 0.717) is 0 Å². The SMILES string of the molecule is O=C(COC(=O)Cn1cnnn1)Nc1c(Cl)cccc1Cl. The molecule has 0 saturated carbocycles. The Kier molecular flexibility index (Phi) is 5.07. The minimum atomic E-state index is -0.650. The zero-order valence-corrected chi connectivity index (χ0v) is 12.0. The molecule has 1 aromatic heterocycles. The van der Waals surface area contributed by atoms with Crippen molar-refractivity contribution >= 4 is 40.8 Å². The van der Waals surface area contributed by atoms with Crippen molar-refractivity contribution in [3.05, 3.63) is 34.6 Å². The standard InChI is InChI=1S/C11H9Cl2N5O3/c12-7-2-1-3-8(13)11(7)15-9(19)5-21-10(20)4-18-6-14-16-17-18/h1-3,6H,4-5H2,(H,15,19). The van der Waals surface area contributed by atoms with Crippen molar-refractivity contribution in [3.8, 4) is 0 Å². The average Bonchev–Trinajstić information content (AvgIpc) is 2.94. The quantitative estimate of drug-likeness (QED) is 0.826. The fourth-order valence-electron chi connectivity index (χ4n) is 1.37. The molecule has 2 rings (SSSR count). The van der Waals surface area contributed by atoms with Crippen molar-refractivity contribution in [2.75, 3.05) is 11.9 Å². The molecule has 0 atom stereocenters. The van der Waals surface area contributed by atoms with E-state index < -0.39 is 18.5 Å². The number of rotatable bonds is 5. The lowest BCUT2D eigenvalue weighted by atomic mass is 10.3. The molecule has 0 bridgehead atoms. The maximum Gasteiger partial charge on any atom is 0.328 e. The fraction of sp³-hybridized carbons (Fsp3) is 0.182. The number of para-hydroxylation sites is 1. The molecule has 0 saturated heterocycles. The molecule has 0 spiro atoms. The van der Waals surface area contributed by atoms with Crippen LogP contribution in [0.2, 0.25) is 10.0 Å². The fourth-order valence-corrected chi connectivity index (χ4v) is 1.86. The molecule has 1 amide bonds. The van der Waals surface area contributed by atoms with Crippen LogP contribution in [0.3, 0.4) is 0 Å². The van der Waals surface area contributed by atoms with Gasteiger partial charge in [0, 0.05) is 0 Å². The molecule has 10 heteroatoms. The highest BCUT2D eigenvalue weighted by Crippen LogP contribution is 2.29. The summed E-state index contributed by atoms with van der Waals surface area (Å²) in [4.78, 5) is 23.1. The second-order valence-corrected chi connectivity index (χ2v) is 4.63. The second-order valence-electron chi connectivity index (χ2n) is 3.81. The third-order valence-corrected chi connectivity index (χ3v) is 2.90. The highest BCUT2D eigenvalue weighted by atomic mass is 35.5. The van der Waals surface area contributed by atoms with Gasteiger partial charge >= 0.3 is 5.97 Å². The lowest BCUT2D eigenvalue weighted by molar-refractivity contribution is -0.148. The van der Waals surface area contributed by atoms with Crippen LogP contribution in [0, 0.1) is 0 Å². The van der Waals surface area contributed by atoms with Crippen LogP contribution in [-0.2, 0) is 20.9 Å². The van der Waals surface area contributed by atoms with Gasteiger partial charge in [-0.3, -0.25) is 9.59 Å². The lowest BCUT2D eigenvalue weighted by Gasteiger charge is -2.09. The summed E-state index contributed by atoms with van der Waals surface area (Å²) in [5, 5.41) is 13.3. The molecule has 0 radical (unpaired) electrons. The van der Waals surface area contributed by atoms with Crippen molar-refractivity contribution < 1.29 is 14.3 Å². The number of amides is 1. The van der Waals surface area contributed by atoms with E-state index in [1.807, 2.05) is 0 Å². The molecule has 1 aromatic carbocycles. The minimum Gasteiger partial charge on any atom is -0.454 e. The zero-order chi connectivity index (χ0) is 15.2. The summed E-state index contributed by atoms with van der Waals surface area (Å²) in [6.45, 7) is -0.657. The molecule has 1 N–H and O–H groups in total. The summed E-state index contributed by atoms with van der Waals surface area (Å²) in [5.41, 5.74) is 0.266. The Balaban J connectivity index is 1.83. The number of carbonyl (C=O) groups excluding carboxylic acids is 2. The largest absolute Gasteiger partial charge is 0.454 e. The normalized spacial score (nSPS) is 10.2. The first-order chi connectivity index (χ1) is 10.1. The number of hydrogen-bond acceptors (Lipinski definition) is 6. The molecule has 110 valence electrons. The van der Waals surface area contributed by atoms with Crippen molar-refractivity contribution in [2.45, 2.75) is 6.54 Å². The third kappa shape index (κ3) is 4.40. The first-order valence-electron chi connectivity index (χ1n) is 5.66. The first-order valence-corrected chi connectivity index (χ1v) is 6.42. The van der Waals surface area contributed by atoms with Crippen LogP contribution < -0.4 is 5.32 Å². The number of halogens is 2. The first kappa shape index (κ1) is 15.2. The third-order valence-electron chi connectivity index (χ3n) is 2.27. The van der Waals surface area contributed by atoms with Crippen molar-refractivity contribution in [1.82, 2.24) is 20.2 Å². The van der Waals surface area contributed by atoms with Crippen molar-refractivity contribution in [1.29, 1.82) is 0 Å². The monoisotopic (exact) mass is 329 g/mol. The number of nitrogens with one attached hydrogen (secondary N) is 1. The van der Waals surface area contributed by atoms with E-state index in [0.717, 1.165) is 0 Å². The minimum absolute atomic E-state index is 0.187. The molecule has 21 heavy (non-hydrogen) atoms. The summed E-state index contributed by atoms with van der Waals surface area (Å²) < 4.78 is 5.95. The van der Waals surface area contributed by atoms with Gasteiger partial charge in [0.25, 0.3) is 5.91 Å². The van der Waals surface area contributed by atoms with Crippen LogP contribution in [0.25, 0.3) is 0 Å². The average molecular weight is 330 g/mol. The van der Waals surface area contributed by atoms with Gasteiger partial charge in [0.15, 0.2) is 6.61 Å². The highest BCUT2D eigenvalue weighted by molar-refractivity contribution is 6.39. The molecule has 0 aliphatic carbocycles. The van der Waals surface area contributed by atoms with Crippen LogP contribution in [0.1, 0.15) is 0 Å². The van der Waals surface area contributed by atoms with Gasteiger partial charge in [-0.25, -0.2) is 4.68 Å². The molecule has 0 aliphatic rings. The molecular formula is C11H9Cl2N5O3. The Morgan fingerprint density at radius 2 is 2.00 bits per heavy atom. The number of anilines is 1. The summed E-state index contributed by atoms with van der Waals surface area (Å²) >= 11 is 11.8. The summed E-state index contributed by atoms with van der Waals surface area (Å²) in [7, 11) is 0. The van der Waals surface area contributed by atoms with Crippen LogP contribution in [-0.4, -0.2) is 38.7 Å². The number of benzene rings is 1. The Morgan fingerprint density at radius 3 is 2.62 bits per heavy atom. The zero-order valence-electron chi connectivity index (χ0n) is 10.5. The number of tetrazole rings is 1. The van der Waals surface area contributed by atoms with Gasteiger partial charge in [-0.15, -0.1) is 5.10 Å². The molecule has 8 nitrogen and oxygen atoms in total. The predicted octanol–water partition coefficient (Wildman–Crippen LogP) is 1.16. The van der Waals surface area contributed by atoms with Crippen LogP contribution in [0.15, 0.2) is 24.5 Å². The molecule has 0 unspecified atom stereocenters. The molecule has 0 fully saturated rings. The van der Waals surface area contributed by atoms with E-state index >= 15 is 0 Å². The van der Waals surface area contributed by atoms with E-state index in [4.69, 9.17) is 27.9 Å². The summed E-state index contributed by atoms with van der Waals surface area (Å²) in [6.07, 6.45) is 1.25. The number of hydrogen-bond donors (Lipinski definition) is 1. The Labute approximate surface area is 129 Å².